The van der Waals surface area contributed by atoms with Gasteiger partial charge in [-0.3, -0.25) is 4.79 Å². The van der Waals surface area contributed by atoms with E-state index in [9.17, 15) is 18.0 Å². The molecule has 8 nitrogen and oxygen atoms in total. The number of hydrogen-bond acceptors (Lipinski definition) is 7. The van der Waals surface area contributed by atoms with E-state index >= 15 is 0 Å². The Bertz CT molecular complexity index is 993. The maximum atomic E-state index is 12.2. The van der Waals surface area contributed by atoms with Crippen LogP contribution in [0.1, 0.15) is 31.3 Å². The average molecular weight is 451 g/mol. The van der Waals surface area contributed by atoms with Gasteiger partial charge in [0.15, 0.2) is 12.4 Å². The Hall–Kier alpha value is -3.11. The number of likely N-dealkylation sites (N-methyl/N-ethyl adjacent to an activating group) is 1. The number of hydrogen-bond donors (Lipinski definition) is 1. The Morgan fingerprint density at radius 1 is 1.25 bits per heavy atom. The number of amides is 1. The molecular weight excluding hydrogens is 427 g/mol. The van der Waals surface area contributed by atoms with E-state index < -0.39 is 12.8 Å². The number of fused-ring (bicyclic) bond motifs is 1. The van der Waals surface area contributed by atoms with Gasteiger partial charge >= 0.3 is 6.18 Å². The second-order valence-electron chi connectivity index (χ2n) is 8.22. The molecule has 0 saturated heterocycles. The maximum Gasteiger partial charge on any atom is 0.422 e. The van der Waals surface area contributed by atoms with E-state index in [0.29, 0.717) is 23.8 Å². The highest BCUT2D eigenvalue weighted by Crippen LogP contribution is 2.36. The molecule has 2 aliphatic rings. The summed E-state index contributed by atoms with van der Waals surface area (Å²) in [7, 11) is 1.85. The summed E-state index contributed by atoms with van der Waals surface area (Å²) < 4.78 is 47.0. The topological polar surface area (TPSA) is 89.5 Å². The number of rotatable bonds is 6. The van der Waals surface area contributed by atoms with Crippen LogP contribution in [-0.2, 0) is 11.2 Å². The van der Waals surface area contributed by atoms with Gasteiger partial charge in [-0.1, -0.05) is 0 Å². The van der Waals surface area contributed by atoms with E-state index in [0.717, 1.165) is 30.2 Å². The summed E-state index contributed by atoms with van der Waals surface area (Å²) in [5.74, 6) is 2.13. The van der Waals surface area contributed by atoms with Crippen molar-refractivity contribution in [3.05, 3.63) is 29.8 Å². The average Bonchev–Trinajstić information content (AvgIpc) is 2.70. The first-order valence-electron chi connectivity index (χ1n) is 10.3. The number of alkyl halides is 3. The molecule has 32 heavy (non-hydrogen) atoms. The lowest BCUT2D eigenvalue weighted by atomic mass is 9.80. The lowest BCUT2D eigenvalue weighted by Crippen LogP contribution is -2.45. The molecular formula is C21H24F3N5O3. The number of anilines is 2. The van der Waals surface area contributed by atoms with Crippen LogP contribution in [0.15, 0.2) is 18.3 Å². The lowest BCUT2D eigenvalue weighted by Gasteiger charge is -2.36. The number of carbonyl (C=O) groups is 1. The van der Waals surface area contributed by atoms with E-state index in [1.807, 2.05) is 25.8 Å². The Kier molecular flexibility index (Phi) is 5.83. The molecule has 11 heteroatoms. The molecule has 0 unspecified atom stereocenters. The minimum Gasteiger partial charge on any atom is -0.489 e. The third-order valence-electron chi connectivity index (χ3n) is 5.72. The molecule has 172 valence electrons. The normalized spacial score (nSPS) is 22.6. The highest BCUT2D eigenvalue weighted by Gasteiger charge is 2.34. The Morgan fingerprint density at radius 3 is 2.66 bits per heavy atom. The monoisotopic (exact) mass is 451 g/mol. The Morgan fingerprint density at radius 2 is 2.00 bits per heavy atom. The van der Waals surface area contributed by atoms with Gasteiger partial charge in [0.1, 0.15) is 23.3 Å². The largest absolute Gasteiger partial charge is 0.489 e. The molecule has 1 atom stereocenters. The first kappa shape index (κ1) is 22.1. The van der Waals surface area contributed by atoms with Crippen LogP contribution >= 0.6 is 0 Å². The summed E-state index contributed by atoms with van der Waals surface area (Å²) in [6.45, 7) is 2.30. The van der Waals surface area contributed by atoms with Gasteiger partial charge in [0.05, 0.1) is 18.0 Å². The van der Waals surface area contributed by atoms with E-state index in [1.165, 1.54) is 12.3 Å². The van der Waals surface area contributed by atoms with Crippen LogP contribution in [0.2, 0.25) is 0 Å². The van der Waals surface area contributed by atoms with Crippen molar-refractivity contribution in [2.24, 2.45) is 5.92 Å². The molecule has 1 amide bonds. The van der Waals surface area contributed by atoms with Gasteiger partial charge in [-0.25, -0.2) is 15.0 Å². The van der Waals surface area contributed by atoms with Crippen molar-refractivity contribution in [1.82, 2.24) is 15.0 Å². The highest BCUT2D eigenvalue weighted by atomic mass is 19.4. The fourth-order valence-electron chi connectivity index (χ4n) is 3.76. The molecule has 2 aromatic heterocycles. The van der Waals surface area contributed by atoms with Gasteiger partial charge in [0.2, 0.25) is 11.8 Å². The van der Waals surface area contributed by atoms with Crippen molar-refractivity contribution in [2.45, 2.75) is 51.4 Å². The van der Waals surface area contributed by atoms with Gasteiger partial charge in [-0.05, 0) is 38.7 Å². The highest BCUT2D eigenvalue weighted by molar-refractivity contribution is 6.02. The van der Waals surface area contributed by atoms with Crippen LogP contribution in [0.25, 0.3) is 0 Å². The first-order valence-corrected chi connectivity index (χ1v) is 10.3. The molecule has 2 aromatic rings. The molecule has 4 rings (SSSR count). The van der Waals surface area contributed by atoms with Crippen LogP contribution in [0.4, 0.5) is 24.7 Å². The number of ether oxygens (including phenoxy) is 2. The van der Waals surface area contributed by atoms with Crippen molar-refractivity contribution in [2.75, 3.05) is 23.9 Å². The van der Waals surface area contributed by atoms with Crippen LogP contribution in [0, 0.1) is 12.8 Å². The predicted octanol–water partition coefficient (Wildman–Crippen LogP) is 3.30. The van der Waals surface area contributed by atoms with E-state index in [-0.39, 0.29) is 23.9 Å². The van der Waals surface area contributed by atoms with Crippen LogP contribution in [0.3, 0.4) is 0 Å². The van der Waals surface area contributed by atoms with Gasteiger partial charge in [-0.2, -0.15) is 13.2 Å². The molecule has 1 aliphatic heterocycles. The second-order valence-corrected chi connectivity index (χ2v) is 8.22. The number of carbonyl (C=O) groups excluding carboxylic acids is 1. The standard InChI is InChI=1S/C21H24F3N5O3/c1-11-18-19(29(3)12(2)20(30)28-18)27-16(26-11)8-13-6-15(7-13)32-14-4-5-17(25-9-14)31-10-21(22,23)24/h4-5,9,12-13,15H,6-8,10H2,1-3H3,(H,28,30)/t12-,13?,15?/m0/s1. The summed E-state index contributed by atoms with van der Waals surface area (Å²) in [5, 5.41) is 2.87. The van der Waals surface area contributed by atoms with E-state index in [4.69, 9.17) is 4.74 Å². The van der Waals surface area contributed by atoms with Crippen LogP contribution in [0.5, 0.6) is 11.6 Å². The third kappa shape index (κ3) is 4.86. The van der Waals surface area contributed by atoms with Crippen molar-refractivity contribution in [3.63, 3.8) is 0 Å². The summed E-state index contributed by atoms with van der Waals surface area (Å²) in [6, 6.07) is 2.61. The van der Waals surface area contributed by atoms with Gasteiger partial charge < -0.3 is 19.7 Å². The zero-order valence-corrected chi connectivity index (χ0v) is 17.9. The molecule has 3 heterocycles. The molecule has 1 aliphatic carbocycles. The summed E-state index contributed by atoms with van der Waals surface area (Å²) in [6.07, 6.45) is -0.708. The minimum atomic E-state index is -4.40. The lowest BCUT2D eigenvalue weighted by molar-refractivity contribution is -0.154. The Labute approximate surface area is 183 Å². The fourth-order valence-corrected chi connectivity index (χ4v) is 3.76. The molecule has 1 N–H and O–H groups in total. The van der Waals surface area contributed by atoms with E-state index in [2.05, 4.69) is 25.0 Å². The number of aryl methyl sites for hydroxylation is 1. The van der Waals surface area contributed by atoms with Gasteiger partial charge in [0, 0.05) is 19.5 Å². The number of nitrogens with one attached hydrogen (secondary N) is 1. The summed E-state index contributed by atoms with van der Waals surface area (Å²) >= 11 is 0. The first-order chi connectivity index (χ1) is 15.1. The Balaban J connectivity index is 1.29. The van der Waals surface area contributed by atoms with Gasteiger partial charge in [-0.15, -0.1) is 0 Å². The molecule has 1 saturated carbocycles. The second kappa shape index (κ2) is 8.44. The quantitative estimate of drug-likeness (QED) is 0.721. The van der Waals surface area contributed by atoms with Crippen LogP contribution in [-0.4, -0.2) is 52.8 Å². The molecule has 0 radical (unpaired) electrons. The van der Waals surface area contributed by atoms with Crippen LogP contribution < -0.4 is 19.7 Å². The van der Waals surface area contributed by atoms with Gasteiger partial charge in [0.25, 0.3) is 0 Å². The molecule has 1 fully saturated rings. The SMILES string of the molecule is Cc1nc(CC2CC(Oc3ccc(OCC(F)(F)F)nc3)C2)nc2c1NC(=O)[C@H](C)N2C. The smallest absolute Gasteiger partial charge is 0.422 e. The number of pyridine rings is 1. The van der Waals surface area contributed by atoms with Crippen molar-refractivity contribution in [1.29, 1.82) is 0 Å². The van der Waals surface area contributed by atoms with Crippen molar-refractivity contribution in [3.8, 4) is 11.6 Å². The number of aromatic nitrogens is 3. The number of nitrogens with zero attached hydrogens (tertiary/aromatic N) is 4. The predicted molar refractivity (Wildman–Crippen MR) is 110 cm³/mol. The third-order valence-corrected chi connectivity index (χ3v) is 5.72. The summed E-state index contributed by atoms with van der Waals surface area (Å²) in [4.78, 5) is 27.0. The summed E-state index contributed by atoms with van der Waals surface area (Å²) in [5.41, 5.74) is 1.40. The van der Waals surface area contributed by atoms with Crippen molar-refractivity contribution < 1.29 is 27.4 Å². The molecule has 0 bridgehead atoms. The van der Waals surface area contributed by atoms with Crippen molar-refractivity contribution >= 4 is 17.4 Å². The zero-order chi connectivity index (χ0) is 23.0. The van der Waals surface area contributed by atoms with E-state index in [1.54, 1.807) is 6.07 Å². The number of halogens is 3. The minimum absolute atomic E-state index is 0.00412. The fraction of sp³-hybridized carbons (Fsp3) is 0.524. The molecule has 0 spiro atoms. The maximum absolute atomic E-state index is 12.2. The molecule has 0 aromatic carbocycles. The zero-order valence-electron chi connectivity index (χ0n) is 17.9.